The van der Waals surface area contributed by atoms with Gasteiger partial charge in [-0.25, -0.2) is 0 Å². The molecule has 6 rings (SSSR count). The predicted octanol–water partition coefficient (Wildman–Crippen LogP) is 5.15. The Labute approximate surface area is 151 Å². The van der Waals surface area contributed by atoms with Crippen molar-refractivity contribution in [3.8, 4) is 0 Å². The summed E-state index contributed by atoms with van der Waals surface area (Å²) in [6.45, 7) is 3.28. The second kappa shape index (κ2) is 4.88. The first kappa shape index (κ1) is 15.2. The second-order valence-corrected chi connectivity index (χ2v) is 9.86. The molecule has 134 valence electrons. The van der Waals surface area contributed by atoms with Crippen molar-refractivity contribution in [2.75, 3.05) is 6.61 Å². The molecule has 1 spiro atoms. The molecule has 0 aromatic heterocycles. The van der Waals surface area contributed by atoms with Gasteiger partial charge < -0.3 is 10.1 Å². The highest BCUT2D eigenvalue weighted by Crippen LogP contribution is 2.73. The zero-order chi connectivity index (χ0) is 16.8. The van der Waals surface area contributed by atoms with E-state index in [4.69, 9.17) is 10.1 Å². The summed E-state index contributed by atoms with van der Waals surface area (Å²) in [5.74, 6) is 5.34. The fourth-order valence-electron chi connectivity index (χ4n) is 8.58. The van der Waals surface area contributed by atoms with Crippen molar-refractivity contribution in [3.63, 3.8) is 0 Å². The lowest BCUT2D eigenvalue weighted by atomic mass is 9.49. The van der Waals surface area contributed by atoms with Gasteiger partial charge in [-0.2, -0.15) is 0 Å². The predicted molar refractivity (Wildman–Crippen MR) is 99.6 cm³/mol. The van der Waals surface area contributed by atoms with E-state index in [1.54, 1.807) is 5.57 Å². The van der Waals surface area contributed by atoms with Crippen molar-refractivity contribution in [1.29, 1.82) is 5.41 Å². The standard InChI is InChI=1S/C23H31NO/c1-2-22-9-6-16-15-5-4-14(24)12-17(15)18-13-19(18)21(16)20(22)7-10-23(22)8-3-11-25-23/h3,8,12,15-16,18-21,24H,2,4-7,9-11,13H2,1H3/t15-,16?,18?,19?,20?,21?,22+,23+/m1/s1. The Morgan fingerprint density at radius 1 is 1.16 bits per heavy atom. The molecular weight excluding hydrogens is 306 g/mol. The first-order chi connectivity index (χ1) is 12.2. The molecule has 5 unspecified atom stereocenters. The topological polar surface area (TPSA) is 33.1 Å². The van der Waals surface area contributed by atoms with Gasteiger partial charge in [0.2, 0.25) is 0 Å². The van der Waals surface area contributed by atoms with Gasteiger partial charge in [-0.1, -0.05) is 24.6 Å². The van der Waals surface area contributed by atoms with Crippen molar-refractivity contribution in [1.82, 2.24) is 0 Å². The number of ether oxygens (including phenoxy) is 1. The zero-order valence-corrected chi connectivity index (χ0v) is 15.5. The quantitative estimate of drug-likeness (QED) is 0.660. The van der Waals surface area contributed by atoms with E-state index >= 15 is 0 Å². The van der Waals surface area contributed by atoms with Crippen LogP contribution >= 0.6 is 0 Å². The average Bonchev–Trinajstić information content (AvgIpc) is 3.18. The van der Waals surface area contributed by atoms with Crippen LogP contribution in [0.3, 0.4) is 0 Å². The number of nitrogens with one attached hydrogen (secondary N) is 1. The highest BCUT2D eigenvalue weighted by Gasteiger charge is 2.69. The molecule has 2 heteroatoms. The van der Waals surface area contributed by atoms with E-state index in [2.05, 4.69) is 25.2 Å². The van der Waals surface area contributed by atoms with E-state index in [0.29, 0.717) is 5.41 Å². The van der Waals surface area contributed by atoms with Crippen LogP contribution < -0.4 is 0 Å². The molecule has 2 nitrogen and oxygen atoms in total. The fourth-order valence-corrected chi connectivity index (χ4v) is 8.58. The Morgan fingerprint density at radius 2 is 2.08 bits per heavy atom. The third-order valence-corrected chi connectivity index (χ3v) is 9.49. The molecule has 4 saturated carbocycles. The van der Waals surface area contributed by atoms with Crippen LogP contribution in [0.2, 0.25) is 0 Å². The molecule has 6 aliphatic rings. The monoisotopic (exact) mass is 337 g/mol. The van der Waals surface area contributed by atoms with Gasteiger partial charge in [-0.05, 0) is 93.0 Å². The molecule has 0 aromatic carbocycles. The summed E-state index contributed by atoms with van der Waals surface area (Å²) in [6, 6.07) is 0. The van der Waals surface area contributed by atoms with Crippen LogP contribution in [-0.2, 0) is 4.74 Å². The second-order valence-electron chi connectivity index (χ2n) is 9.86. The van der Waals surface area contributed by atoms with Crippen molar-refractivity contribution >= 4 is 5.71 Å². The van der Waals surface area contributed by atoms with Gasteiger partial charge in [0.25, 0.3) is 0 Å². The maximum absolute atomic E-state index is 8.14. The normalized spacial score (nSPS) is 55.4. The summed E-state index contributed by atoms with van der Waals surface area (Å²) in [5, 5.41) is 8.14. The van der Waals surface area contributed by atoms with E-state index in [0.717, 1.165) is 54.2 Å². The number of rotatable bonds is 1. The Hall–Kier alpha value is -0.890. The molecule has 0 aromatic rings. The summed E-state index contributed by atoms with van der Waals surface area (Å²) in [4.78, 5) is 0. The van der Waals surface area contributed by atoms with Crippen molar-refractivity contribution in [3.05, 3.63) is 23.8 Å². The van der Waals surface area contributed by atoms with E-state index < -0.39 is 0 Å². The fraction of sp³-hybridized carbons (Fsp3) is 0.783. The molecule has 0 bridgehead atoms. The summed E-state index contributed by atoms with van der Waals surface area (Å²) < 4.78 is 6.46. The molecule has 25 heavy (non-hydrogen) atoms. The van der Waals surface area contributed by atoms with E-state index in [1.807, 2.05) is 0 Å². The van der Waals surface area contributed by atoms with Crippen molar-refractivity contribution in [2.24, 2.45) is 40.9 Å². The highest BCUT2D eigenvalue weighted by molar-refractivity contribution is 5.94. The van der Waals surface area contributed by atoms with Crippen LogP contribution in [0, 0.1) is 46.3 Å². The maximum atomic E-state index is 8.14. The molecule has 4 fully saturated rings. The number of hydrogen-bond donors (Lipinski definition) is 1. The third-order valence-electron chi connectivity index (χ3n) is 9.49. The van der Waals surface area contributed by atoms with Crippen LogP contribution in [0.25, 0.3) is 0 Å². The van der Waals surface area contributed by atoms with Gasteiger partial charge in [0.15, 0.2) is 0 Å². The molecular formula is C23H31NO. The average molecular weight is 338 g/mol. The summed E-state index contributed by atoms with van der Waals surface area (Å²) >= 11 is 0. The zero-order valence-electron chi connectivity index (χ0n) is 15.5. The SMILES string of the molecule is CC[C@]12CCC3C(C4CC4C4=CC(=N)CC[C@@H]43)C1CC[C@@]21C=CCO1. The Morgan fingerprint density at radius 3 is 2.88 bits per heavy atom. The molecule has 0 amide bonds. The van der Waals surface area contributed by atoms with Crippen LogP contribution in [0.5, 0.6) is 0 Å². The summed E-state index contributed by atoms with van der Waals surface area (Å²) in [7, 11) is 0. The first-order valence-electron chi connectivity index (χ1n) is 10.8. The molecule has 1 N–H and O–H groups in total. The van der Waals surface area contributed by atoms with E-state index in [9.17, 15) is 0 Å². The lowest BCUT2D eigenvalue weighted by Gasteiger charge is -2.57. The van der Waals surface area contributed by atoms with Gasteiger partial charge in [-0.15, -0.1) is 0 Å². The Bertz CT molecular complexity index is 692. The van der Waals surface area contributed by atoms with E-state index in [-0.39, 0.29) is 5.60 Å². The summed E-state index contributed by atoms with van der Waals surface area (Å²) in [5.41, 5.74) is 3.10. The van der Waals surface area contributed by atoms with Gasteiger partial charge in [-0.3, -0.25) is 0 Å². The maximum Gasteiger partial charge on any atom is 0.0926 e. The van der Waals surface area contributed by atoms with Crippen LogP contribution in [-0.4, -0.2) is 17.9 Å². The molecule has 1 aliphatic heterocycles. The number of hydrogen-bond acceptors (Lipinski definition) is 2. The molecule has 1 heterocycles. The van der Waals surface area contributed by atoms with Crippen LogP contribution in [0.4, 0.5) is 0 Å². The lowest BCUT2D eigenvalue weighted by molar-refractivity contribution is -0.125. The number of fused-ring (bicyclic) bond motifs is 9. The molecule has 0 saturated heterocycles. The minimum absolute atomic E-state index is 0.0760. The van der Waals surface area contributed by atoms with Gasteiger partial charge >= 0.3 is 0 Å². The molecule has 0 radical (unpaired) electrons. The van der Waals surface area contributed by atoms with Gasteiger partial charge in [0.1, 0.15) is 0 Å². The largest absolute Gasteiger partial charge is 0.366 e. The third kappa shape index (κ3) is 1.73. The van der Waals surface area contributed by atoms with Crippen LogP contribution in [0.15, 0.2) is 23.8 Å². The van der Waals surface area contributed by atoms with E-state index in [1.165, 1.54) is 44.9 Å². The van der Waals surface area contributed by atoms with Gasteiger partial charge in [0, 0.05) is 11.1 Å². The highest BCUT2D eigenvalue weighted by atomic mass is 16.5. The lowest BCUT2D eigenvalue weighted by Crippen LogP contribution is -2.54. The van der Waals surface area contributed by atoms with Gasteiger partial charge in [0.05, 0.1) is 12.2 Å². The number of allylic oxidation sites excluding steroid dienone is 2. The van der Waals surface area contributed by atoms with Crippen molar-refractivity contribution in [2.45, 2.75) is 63.9 Å². The minimum atomic E-state index is 0.0760. The Kier molecular flexibility index (Phi) is 2.97. The molecule has 5 aliphatic carbocycles. The molecule has 8 atom stereocenters. The summed E-state index contributed by atoms with van der Waals surface area (Å²) in [6.07, 6.45) is 17.5. The smallest absolute Gasteiger partial charge is 0.0926 e. The Balaban J connectivity index is 1.40. The first-order valence-corrected chi connectivity index (χ1v) is 10.8. The van der Waals surface area contributed by atoms with Crippen molar-refractivity contribution < 1.29 is 4.74 Å². The minimum Gasteiger partial charge on any atom is -0.366 e. The van der Waals surface area contributed by atoms with Crippen LogP contribution in [0.1, 0.15) is 58.3 Å².